The molecule has 422 valence electrons. The molecular weight excluding hydrogens is 957 g/mol. The van der Waals surface area contributed by atoms with Gasteiger partial charge in [-0.25, -0.2) is 0 Å². The molecule has 3 atom stereocenters. The highest BCUT2D eigenvalue weighted by Gasteiger charge is 2.26. The number of aryl methyl sites for hydroxylation is 2. The number of carbonyl (C=O) groups is 3. The molecule has 3 aliphatic rings. The number of ketones is 2. The van der Waals surface area contributed by atoms with Crippen LogP contribution in [-0.4, -0.2) is 103 Å². The SMILES string of the molecule is CC.CC.CCCC(CCC)CN(CCC)CCC.COCC1Nc2ccc(-c3ccnc(C)c3/C=C(\C)C(C)N3CCC(c4ccc(C(C)=O)cc4)CC3)cc2N1.Cc1ccc(NC2CCC(=O)CNC2=O)cc1C#N. The van der Waals surface area contributed by atoms with E-state index in [2.05, 4.69) is 133 Å². The van der Waals surface area contributed by atoms with E-state index in [-0.39, 0.29) is 30.2 Å². The summed E-state index contributed by atoms with van der Waals surface area (Å²) in [4.78, 5) is 44.6. The van der Waals surface area contributed by atoms with Gasteiger partial charge in [0, 0.05) is 54.8 Å². The Balaban J connectivity index is 0.000000341. The van der Waals surface area contributed by atoms with Gasteiger partial charge in [0.1, 0.15) is 12.2 Å². The number of benzene rings is 3. The number of amides is 1. The van der Waals surface area contributed by atoms with Crippen molar-refractivity contribution in [2.45, 2.75) is 178 Å². The van der Waals surface area contributed by atoms with E-state index < -0.39 is 6.04 Å². The number of fused-ring (bicyclic) bond motifs is 1. The number of methoxy groups -OCH3 is 1. The molecule has 0 radical (unpaired) electrons. The van der Waals surface area contributed by atoms with E-state index in [0.717, 1.165) is 65.7 Å². The minimum atomic E-state index is -0.430. The molecule has 4 N–H and O–H groups in total. The van der Waals surface area contributed by atoms with Crippen LogP contribution in [0.5, 0.6) is 0 Å². The zero-order chi connectivity index (χ0) is 56.9. The van der Waals surface area contributed by atoms with Crippen LogP contribution in [0.25, 0.3) is 17.2 Å². The Labute approximate surface area is 465 Å². The Morgan fingerprint density at radius 1 is 0.870 bits per heavy atom. The number of pyridine rings is 1. The molecule has 12 nitrogen and oxygen atoms in total. The molecule has 3 aromatic carbocycles. The van der Waals surface area contributed by atoms with Crippen molar-refractivity contribution in [3.05, 3.63) is 112 Å². The summed E-state index contributed by atoms with van der Waals surface area (Å²) in [6.07, 6.45) is 15.6. The molecule has 1 aromatic heterocycles. The molecule has 12 heteroatoms. The fourth-order valence-electron chi connectivity index (χ4n) is 10.3. The number of rotatable bonds is 20. The van der Waals surface area contributed by atoms with Gasteiger partial charge >= 0.3 is 0 Å². The van der Waals surface area contributed by atoms with Crippen LogP contribution in [0.2, 0.25) is 0 Å². The highest BCUT2D eigenvalue weighted by atomic mass is 16.5. The fraction of sp³-hybridized carbons (Fsp3) is 0.554. The molecule has 3 unspecified atom stereocenters. The summed E-state index contributed by atoms with van der Waals surface area (Å²) < 4.78 is 5.31. The minimum absolute atomic E-state index is 0.0410. The topological polar surface area (TPSA) is 152 Å². The molecule has 2 fully saturated rings. The number of piperidine rings is 1. The molecule has 4 aromatic rings. The van der Waals surface area contributed by atoms with Gasteiger partial charge in [-0.15, -0.1) is 0 Å². The van der Waals surface area contributed by atoms with Crippen molar-refractivity contribution in [2.75, 3.05) is 68.9 Å². The number of anilines is 3. The zero-order valence-electron chi connectivity index (χ0n) is 49.8. The van der Waals surface area contributed by atoms with Crippen molar-refractivity contribution in [2.24, 2.45) is 5.92 Å². The summed E-state index contributed by atoms with van der Waals surface area (Å²) >= 11 is 0. The van der Waals surface area contributed by atoms with Crippen LogP contribution >= 0.6 is 0 Å². The predicted octanol–water partition coefficient (Wildman–Crippen LogP) is 14.2. The molecule has 3 aliphatic heterocycles. The fourth-order valence-corrected chi connectivity index (χ4v) is 10.3. The van der Waals surface area contributed by atoms with Crippen molar-refractivity contribution in [1.29, 1.82) is 5.26 Å². The first-order valence-corrected chi connectivity index (χ1v) is 29.2. The van der Waals surface area contributed by atoms with E-state index in [4.69, 9.17) is 10.00 Å². The third-order valence-electron chi connectivity index (χ3n) is 14.6. The molecular formula is C65H98N8O4. The normalized spacial score (nSPS) is 16.7. The number of aromatic nitrogens is 1. The number of hydrogen-bond acceptors (Lipinski definition) is 11. The lowest BCUT2D eigenvalue weighted by Crippen LogP contribution is -2.40. The van der Waals surface area contributed by atoms with Crippen LogP contribution in [0, 0.1) is 31.1 Å². The van der Waals surface area contributed by atoms with Crippen molar-refractivity contribution in [1.82, 2.24) is 20.1 Å². The first kappa shape index (κ1) is 65.4. The second-order valence-corrected chi connectivity index (χ2v) is 20.3. The minimum Gasteiger partial charge on any atom is -0.381 e. The molecule has 4 heterocycles. The molecule has 77 heavy (non-hydrogen) atoms. The number of Topliss-reactive ketones (excluding diaryl/α,β-unsaturated/α-hetero) is 2. The Morgan fingerprint density at radius 2 is 1.52 bits per heavy atom. The quantitative estimate of drug-likeness (QED) is 0.0626. The number of carbonyl (C=O) groups excluding carboxylic acids is 3. The average molecular weight is 1060 g/mol. The number of nitrogens with one attached hydrogen (secondary N) is 4. The number of likely N-dealkylation sites (tertiary alicyclic amines) is 1. The first-order valence-electron chi connectivity index (χ1n) is 29.2. The summed E-state index contributed by atoms with van der Waals surface area (Å²) in [5.74, 6) is 1.49. The molecule has 0 spiro atoms. The van der Waals surface area contributed by atoms with Gasteiger partial charge < -0.3 is 30.9 Å². The number of nitrogens with zero attached hydrogens (tertiary/aromatic N) is 4. The maximum atomic E-state index is 11.8. The number of ether oxygens (including phenoxy) is 1. The smallest absolute Gasteiger partial charge is 0.242 e. The third-order valence-corrected chi connectivity index (χ3v) is 14.6. The standard InChI is InChI=1S/C33H40N4O2.C14H15N3O2.C14H31N.2C2H6/c1-21(23(3)37-16-13-27(14-17-37)26-8-6-25(7-9-26)24(4)38)18-30-22(2)34-15-12-29(30)28-10-11-31-32(19-28)36-33(35-31)20-39-5;1-9-2-3-11(6-10(9)7-15)17-13-5-4-12(18)8-16-14(13)19;1-5-9-14(10-6-2)13-15(11-7-3)12-8-4;2*1-2/h6-12,15,18-19,23,27,33,35-36H,13-14,16-17,20H2,1-5H3;2-3,6,13,17H,4-5,8H2,1H3,(H,16,19);14H,5-13H2,1-4H3;2*1-2H3/b21-18+;;;;. The zero-order valence-corrected chi connectivity index (χ0v) is 49.8. The van der Waals surface area contributed by atoms with Crippen molar-refractivity contribution >= 4 is 40.6 Å². The summed E-state index contributed by atoms with van der Waals surface area (Å²) in [7, 11) is 1.72. The lowest BCUT2D eigenvalue weighted by Gasteiger charge is -2.37. The first-order chi connectivity index (χ1) is 37.2. The van der Waals surface area contributed by atoms with Crippen molar-refractivity contribution in [3.63, 3.8) is 0 Å². The van der Waals surface area contributed by atoms with Crippen LogP contribution in [0.1, 0.15) is 185 Å². The van der Waals surface area contributed by atoms with Crippen LogP contribution in [0.3, 0.4) is 0 Å². The summed E-state index contributed by atoms with van der Waals surface area (Å²) in [5.41, 5.74) is 12.5. The second-order valence-electron chi connectivity index (χ2n) is 20.3. The Kier molecular flexibility index (Phi) is 30.2. The van der Waals surface area contributed by atoms with Crippen LogP contribution in [0.15, 0.2) is 78.5 Å². The largest absolute Gasteiger partial charge is 0.381 e. The second kappa shape index (κ2) is 35.5. The summed E-state index contributed by atoms with van der Waals surface area (Å²) in [5, 5.41) is 21.6. The van der Waals surface area contributed by atoms with Crippen molar-refractivity contribution in [3.8, 4) is 17.2 Å². The maximum Gasteiger partial charge on any atom is 0.242 e. The summed E-state index contributed by atoms with van der Waals surface area (Å²) in [6, 6.07) is 24.3. The van der Waals surface area contributed by atoms with Gasteiger partial charge in [-0.1, -0.05) is 116 Å². The van der Waals surface area contributed by atoms with E-state index in [1.807, 2.05) is 65.1 Å². The monoisotopic (exact) mass is 1050 g/mol. The van der Waals surface area contributed by atoms with Gasteiger partial charge in [0.2, 0.25) is 5.91 Å². The van der Waals surface area contributed by atoms with Crippen molar-refractivity contribution < 1.29 is 19.1 Å². The van der Waals surface area contributed by atoms with Gasteiger partial charge in [-0.3, -0.25) is 24.3 Å². The molecule has 7 rings (SSSR count). The molecule has 0 bridgehead atoms. The van der Waals surface area contributed by atoms with Gasteiger partial charge in [0.05, 0.1) is 36.2 Å². The van der Waals surface area contributed by atoms with Gasteiger partial charge in [0.15, 0.2) is 11.6 Å². The van der Waals surface area contributed by atoms with E-state index >= 15 is 0 Å². The van der Waals surface area contributed by atoms with Gasteiger partial charge in [0.25, 0.3) is 0 Å². The lowest BCUT2D eigenvalue weighted by atomic mass is 9.87. The Morgan fingerprint density at radius 3 is 2.12 bits per heavy atom. The number of hydrogen-bond donors (Lipinski definition) is 4. The molecule has 1 amide bonds. The average Bonchev–Trinajstić information content (AvgIpc) is 3.79. The Hall–Kier alpha value is -5.87. The highest BCUT2D eigenvalue weighted by molar-refractivity contribution is 5.94. The predicted molar refractivity (Wildman–Crippen MR) is 324 cm³/mol. The van der Waals surface area contributed by atoms with Gasteiger partial charge in [-0.05, 0) is 170 Å². The third kappa shape index (κ3) is 20.8. The van der Waals surface area contributed by atoms with Crippen LogP contribution in [-0.2, 0) is 14.3 Å². The van der Waals surface area contributed by atoms with Crippen LogP contribution in [0.4, 0.5) is 17.1 Å². The molecule has 2 saturated heterocycles. The highest BCUT2D eigenvalue weighted by Crippen LogP contribution is 2.37. The van der Waals surface area contributed by atoms with E-state index in [1.54, 1.807) is 20.1 Å². The Bertz CT molecular complexity index is 2450. The van der Waals surface area contributed by atoms with E-state index in [0.29, 0.717) is 37.0 Å². The van der Waals surface area contributed by atoms with E-state index in [1.165, 1.54) is 86.0 Å². The van der Waals surface area contributed by atoms with Crippen LogP contribution < -0.4 is 21.3 Å². The maximum absolute atomic E-state index is 11.8. The number of nitriles is 1. The van der Waals surface area contributed by atoms with Gasteiger partial charge in [-0.2, -0.15) is 5.26 Å². The summed E-state index contributed by atoms with van der Waals surface area (Å²) in [6.45, 7) is 34.1. The molecule has 0 saturated carbocycles. The lowest BCUT2D eigenvalue weighted by molar-refractivity contribution is -0.123. The van der Waals surface area contributed by atoms with E-state index in [9.17, 15) is 14.4 Å². The molecule has 0 aliphatic carbocycles.